The summed E-state index contributed by atoms with van der Waals surface area (Å²) in [4.78, 5) is 61.1. The number of hydrogen-bond acceptors (Lipinski definition) is 11. The second-order valence-electron chi connectivity index (χ2n) is 16.8. The van der Waals surface area contributed by atoms with E-state index in [2.05, 4.69) is 31.1 Å². The number of aromatic nitrogens is 3. The van der Waals surface area contributed by atoms with Crippen LogP contribution < -0.4 is 19.9 Å². The van der Waals surface area contributed by atoms with Gasteiger partial charge in [-0.1, -0.05) is 18.2 Å². The van der Waals surface area contributed by atoms with Crippen LogP contribution in [0.15, 0.2) is 48.8 Å². The van der Waals surface area contributed by atoms with E-state index >= 15 is 0 Å². The Morgan fingerprint density at radius 3 is 2.61 bits per heavy atom. The Hall–Kier alpha value is -5.19. The monoisotopic (exact) mass is 809 g/mol. The normalized spacial score (nSPS) is 25.2. The van der Waals surface area contributed by atoms with Crippen LogP contribution in [0.1, 0.15) is 71.4 Å². The van der Waals surface area contributed by atoms with Crippen LogP contribution in [0.5, 0.6) is 5.75 Å². The number of nitrogens with zero attached hydrogens (tertiary/aromatic N) is 7. The lowest BCUT2D eigenvalue weighted by atomic mass is 9.89. The lowest BCUT2D eigenvalue weighted by Crippen LogP contribution is -2.57. The van der Waals surface area contributed by atoms with Crippen LogP contribution in [0.4, 0.5) is 20.4 Å². The number of H-pyrrole nitrogens is 1. The molecule has 0 spiro atoms. The zero-order valence-corrected chi connectivity index (χ0v) is 33.1. The maximum atomic E-state index is 13.9. The molecule has 310 valence electrons. The van der Waals surface area contributed by atoms with Crippen molar-refractivity contribution >= 4 is 40.3 Å². The highest BCUT2D eigenvalue weighted by Crippen LogP contribution is 2.42. The molecule has 0 unspecified atom stereocenters. The Kier molecular flexibility index (Phi) is 9.96. The van der Waals surface area contributed by atoms with Gasteiger partial charge in [-0.05, 0) is 61.9 Å². The van der Waals surface area contributed by atoms with Crippen LogP contribution in [0.25, 0.3) is 10.9 Å². The number of carbonyl (C=O) groups excluding carboxylic acids is 3. The summed E-state index contributed by atoms with van der Waals surface area (Å²) in [6.07, 6.45) is 4.29. The highest BCUT2D eigenvalue weighted by molar-refractivity contribution is 6.06. The number of hydrogen-bond donors (Lipinski definition) is 2. The molecule has 6 aliphatic heterocycles. The van der Waals surface area contributed by atoms with Gasteiger partial charge in [0.25, 0.3) is 12.3 Å². The number of halogens is 2. The molecule has 10 rings (SSSR count). The molecule has 0 radical (unpaired) electrons. The van der Waals surface area contributed by atoms with E-state index in [-0.39, 0.29) is 49.0 Å². The molecule has 0 bridgehead atoms. The lowest BCUT2D eigenvalue weighted by Gasteiger charge is -2.45. The van der Waals surface area contributed by atoms with Crippen LogP contribution in [0.2, 0.25) is 0 Å². The molecule has 2 aromatic heterocycles. The Bertz CT molecular complexity index is 2260. The number of aromatic amines is 1. The minimum absolute atomic E-state index is 0.0685. The maximum Gasteiger partial charge on any atom is 0.255 e. The fourth-order valence-corrected chi connectivity index (χ4v) is 10.2. The van der Waals surface area contributed by atoms with Crippen molar-refractivity contribution in [1.82, 2.24) is 35.0 Å². The van der Waals surface area contributed by atoms with Gasteiger partial charge in [0.1, 0.15) is 18.4 Å². The SMILES string of the molecule is C[C@@H]1Cc2c([nH]c3ccccc23)[C@@H](c2cnc(N3CCC(OCCN4CCN5c6cc7c(cc6OC[C@@H]5C4)C(=O)N([C@@H]4CCC(=O)NC4=O)C7)CC3)nc2)N1CC(F)F. The van der Waals surface area contributed by atoms with Crippen molar-refractivity contribution in [2.24, 2.45) is 0 Å². The van der Waals surface area contributed by atoms with Crippen LogP contribution in [0, 0.1) is 0 Å². The first-order chi connectivity index (χ1) is 28.7. The molecule has 0 aliphatic carbocycles. The number of carbonyl (C=O) groups is 3. The van der Waals surface area contributed by atoms with E-state index in [0.717, 1.165) is 85.5 Å². The highest BCUT2D eigenvalue weighted by atomic mass is 19.3. The number of benzene rings is 2. The van der Waals surface area contributed by atoms with Crippen molar-refractivity contribution in [2.45, 2.75) is 82.3 Å². The first-order valence-electron chi connectivity index (χ1n) is 20.9. The van der Waals surface area contributed by atoms with Crippen molar-refractivity contribution in [3.05, 3.63) is 76.7 Å². The molecule has 0 saturated carbocycles. The molecule has 4 aromatic rings. The topological polar surface area (TPSA) is 139 Å². The summed E-state index contributed by atoms with van der Waals surface area (Å²) in [6, 6.07) is 11.1. The maximum absolute atomic E-state index is 13.9. The van der Waals surface area contributed by atoms with Crippen LogP contribution in [0.3, 0.4) is 0 Å². The van der Waals surface area contributed by atoms with Crippen molar-refractivity contribution in [3.63, 3.8) is 0 Å². The molecular formula is C43H49F2N9O5. The Morgan fingerprint density at radius 2 is 1.81 bits per heavy atom. The first-order valence-corrected chi connectivity index (χ1v) is 20.9. The van der Waals surface area contributed by atoms with Crippen molar-refractivity contribution < 1.29 is 32.6 Å². The lowest BCUT2D eigenvalue weighted by molar-refractivity contribution is -0.136. The van der Waals surface area contributed by atoms with Gasteiger partial charge in [0.15, 0.2) is 0 Å². The predicted octanol–water partition coefficient (Wildman–Crippen LogP) is 3.89. The number of anilines is 2. The van der Waals surface area contributed by atoms with Crippen LogP contribution in [-0.2, 0) is 27.3 Å². The quantitative estimate of drug-likeness (QED) is 0.238. The number of piperazine rings is 1. The smallest absolute Gasteiger partial charge is 0.255 e. The number of piperidine rings is 2. The van der Waals surface area contributed by atoms with Gasteiger partial charge in [-0.3, -0.25) is 29.5 Å². The standard InChI is InChI=1S/C43H49F2N9O5/c1-25-16-32-30-4-2-3-5-33(30)48-39(32)40(53(25)23-37(44)45)27-19-46-43(47-20-27)51-10-8-29(9-11-51)58-15-14-50-12-13-52-28(22-50)24-59-36-18-31-26(17-35(36)52)21-54(42(31)57)34-6-7-38(55)49-41(34)56/h2-5,17-20,25,28-29,34,37,40,48H,6-16,21-24H2,1H3,(H,49,55,56)/t25-,28+,34-,40-/m1/s1. The third-order valence-electron chi connectivity index (χ3n) is 13.2. The molecule has 4 atom stereocenters. The zero-order valence-electron chi connectivity index (χ0n) is 33.1. The summed E-state index contributed by atoms with van der Waals surface area (Å²) in [7, 11) is 0. The minimum atomic E-state index is -2.45. The van der Waals surface area contributed by atoms with Gasteiger partial charge in [-0.2, -0.15) is 0 Å². The van der Waals surface area contributed by atoms with Gasteiger partial charge in [-0.15, -0.1) is 0 Å². The molecule has 3 fully saturated rings. The first kappa shape index (κ1) is 38.0. The highest BCUT2D eigenvalue weighted by Gasteiger charge is 2.42. The van der Waals surface area contributed by atoms with Gasteiger partial charge in [-0.25, -0.2) is 18.7 Å². The van der Waals surface area contributed by atoms with E-state index in [1.54, 1.807) is 4.90 Å². The van der Waals surface area contributed by atoms with Crippen LogP contribution >= 0.6 is 0 Å². The molecule has 16 heteroatoms. The van der Waals surface area contributed by atoms with E-state index in [1.165, 1.54) is 5.56 Å². The van der Waals surface area contributed by atoms with Gasteiger partial charge in [0, 0.05) is 98.4 Å². The summed E-state index contributed by atoms with van der Waals surface area (Å²) >= 11 is 0. The molecule has 3 saturated heterocycles. The molecule has 14 nitrogen and oxygen atoms in total. The van der Waals surface area contributed by atoms with Gasteiger partial charge < -0.3 is 29.2 Å². The van der Waals surface area contributed by atoms with E-state index in [1.807, 2.05) is 54.5 Å². The summed E-state index contributed by atoms with van der Waals surface area (Å²) < 4.78 is 40.3. The van der Waals surface area contributed by atoms with E-state index in [0.29, 0.717) is 49.9 Å². The Morgan fingerprint density at radius 1 is 1.00 bits per heavy atom. The summed E-state index contributed by atoms with van der Waals surface area (Å²) in [5.74, 6) is 0.435. The summed E-state index contributed by atoms with van der Waals surface area (Å²) in [6.45, 7) is 8.10. The number of alkyl halides is 2. The van der Waals surface area contributed by atoms with E-state index < -0.39 is 18.4 Å². The molecular weight excluding hydrogens is 761 g/mol. The fraction of sp³-hybridized carbons (Fsp3) is 0.512. The van der Waals surface area contributed by atoms with Crippen molar-refractivity contribution in [1.29, 1.82) is 0 Å². The largest absolute Gasteiger partial charge is 0.489 e. The molecule has 2 N–H and O–H groups in total. The third-order valence-corrected chi connectivity index (χ3v) is 13.2. The number of fused-ring (bicyclic) bond motifs is 7. The molecule has 2 aromatic carbocycles. The van der Waals surface area contributed by atoms with E-state index in [4.69, 9.17) is 19.4 Å². The minimum Gasteiger partial charge on any atom is -0.489 e. The van der Waals surface area contributed by atoms with Crippen LogP contribution in [-0.4, -0.2) is 137 Å². The van der Waals surface area contributed by atoms with E-state index in [9.17, 15) is 23.2 Å². The number of imide groups is 1. The molecule has 59 heavy (non-hydrogen) atoms. The molecule has 6 aliphatic rings. The summed E-state index contributed by atoms with van der Waals surface area (Å²) in [5.41, 5.74) is 6.36. The zero-order chi connectivity index (χ0) is 40.4. The summed E-state index contributed by atoms with van der Waals surface area (Å²) in [5, 5.41) is 3.51. The van der Waals surface area contributed by atoms with Crippen molar-refractivity contribution in [3.8, 4) is 5.75 Å². The van der Waals surface area contributed by atoms with Gasteiger partial charge in [0.05, 0.1) is 37.0 Å². The Labute approximate surface area is 340 Å². The fourth-order valence-electron chi connectivity index (χ4n) is 10.2. The number of ether oxygens (including phenoxy) is 2. The number of amides is 3. The average molecular weight is 810 g/mol. The second-order valence-corrected chi connectivity index (χ2v) is 16.8. The van der Waals surface area contributed by atoms with Crippen molar-refractivity contribution in [2.75, 3.05) is 68.8 Å². The second kappa shape index (κ2) is 15.4. The predicted molar refractivity (Wildman–Crippen MR) is 215 cm³/mol. The average Bonchev–Trinajstić information content (AvgIpc) is 3.76. The third kappa shape index (κ3) is 7.08. The molecule has 3 amide bonds. The van der Waals surface area contributed by atoms with Gasteiger partial charge in [0.2, 0.25) is 17.8 Å². The molecule has 8 heterocycles. The number of rotatable bonds is 9. The number of nitrogens with one attached hydrogen (secondary N) is 2. The number of para-hydroxylation sites is 1. The Balaban J connectivity index is 0.714. The van der Waals surface area contributed by atoms with Gasteiger partial charge >= 0.3 is 0 Å².